The van der Waals surface area contributed by atoms with Crippen LogP contribution in [0.5, 0.6) is 0 Å². The molecule has 1 aliphatic heterocycles. The average molecular weight is 227 g/mol. The molecule has 8 heteroatoms. The first-order valence-corrected chi connectivity index (χ1v) is 4.89. The number of nitrogens with zero attached hydrogens (tertiary/aromatic N) is 5. The predicted octanol–water partition coefficient (Wildman–Crippen LogP) is 1.21. The molecule has 17 heavy (non-hydrogen) atoms. The lowest BCUT2D eigenvalue weighted by molar-refractivity contribution is 0.314. The molecule has 0 spiro atoms. The standard InChI is InChI=1S/C9H5N7O/c1-2-4-5(10-3-1)12-7-6(11-4)13-8-9(14-7)16-17-15-8/h1-3H,(H,11,13,15)(H,10,12,14,16). The van der Waals surface area contributed by atoms with Crippen LogP contribution < -0.4 is 10.6 Å². The van der Waals surface area contributed by atoms with Gasteiger partial charge in [0.25, 0.3) is 0 Å². The van der Waals surface area contributed by atoms with Crippen LogP contribution in [0, 0.1) is 0 Å². The molecule has 3 aromatic rings. The maximum Gasteiger partial charge on any atom is 0.245 e. The first-order chi connectivity index (χ1) is 8.40. The van der Waals surface area contributed by atoms with Gasteiger partial charge in [0.05, 0.1) is 5.69 Å². The van der Waals surface area contributed by atoms with E-state index in [4.69, 9.17) is 0 Å². The Balaban J connectivity index is 1.93. The molecule has 0 saturated carbocycles. The highest BCUT2D eigenvalue weighted by Crippen LogP contribution is 2.34. The lowest BCUT2D eigenvalue weighted by Crippen LogP contribution is -2.10. The molecule has 0 fully saturated rings. The molecule has 4 rings (SSSR count). The second-order valence-corrected chi connectivity index (χ2v) is 3.48. The quantitative estimate of drug-likeness (QED) is 0.462. The molecule has 0 bridgehead atoms. The van der Waals surface area contributed by atoms with E-state index in [-0.39, 0.29) is 0 Å². The Hall–Kier alpha value is -2.77. The van der Waals surface area contributed by atoms with Crippen LogP contribution >= 0.6 is 0 Å². The van der Waals surface area contributed by atoms with Gasteiger partial charge in [0, 0.05) is 6.20 Å². The van der Waals surface area contributed by atoms with Gasteiger partial charge in [-0.15, -0.1) is 0 Å². The van der Waals surface area contributed by atoms with Gasteiger partial charge in [0.2, 0.25) is 11.3 Å². The fourth-order valence-corrected chi connectivity index (χ4v) is 1.66. The molecule has 2 N–H and O–H groups in total. The van der Waals surface area contributed by atoms with E-state index in [9.17, 15) is 0 Å². The lowest BCUT2D eigenvalue weighted by Gasteiger charge is -2.18. The first-order valence-electron chi connectivity index (χ1n) is 4.89. The molecule has 0 aliphatic carbocycles. The third-order valence-electron chi connectivity index (χ3n) is 2.41. The molecule has 3 aromatic heterocycles. The van der Waals surface area contributed by atoms with Crippen molar-refractivity contribution >= 4 is 34.4 Å². The normalized spacial score (nSPS) is 12.5. The summed E-state index contributed by atoms with van der Waals surface area (Å²) < 4.78 is 4.57. The Kier molecular flexibility index (Phi) is 1.42. The Morgan fingerprint density at radius 2 is 1.71 bits per heavy atom. The lowest BCUT2D eigenvalue weighted by atomic mass is 10.3. The van der Waals surface area contributed by atoms with Crippen molar-refractivity contribution in [3.63, 3.8) is 0 Å². The van der Waals surface area contributed by atoms with E-state index in [1.165, 1.54) is 0 Å². The second kappa shape index (κ2) is 2.88. The van der Waals surface area contributed by atoms with E-state index in [1.54, 1.807) is 6.20 Å². The molecule has 82 valence electrons. The summed E-state index contributed by atoms with van der Waals surface area (Å²) >= 11 is 0. The molecular formula is C9H5N7O. The Morgan fingerprint density at radius 3 is 2.53 bits per heavy atom. The number of aromatic nitrogens is 5. The van der Waals surface area contributed by atoms with Crippen LogP contribution in [-0.4, -0.2) is 25.3 Å². The molecule has 0 atom stereocenters. The van der Waals surface area contributed by atoms with Crippen molar-refractivity contribution < 1.29 is 4.63 Å². The number of pyridine rings is 1. The molecule has 0 unspecified atom stereocenters. The van der Waals surface area contributed by atoms with Crippen LogP contribution in [0.1, 0.15) is 0 Å². The van der Waals surface area contributed by atoms with Crippen molar-refractivity contribution in [2.45, 2.75) is 0 Å². The van der Waals surface area contributed by atoms with Gasteiger partial charge in [0.1, 0.15) is 0 Å². The number of hydrogen-bond acceptors (Lipinski definition) is 8. The number of nitrogens with one attached hydrogen (secondary N) is 2. The van der Waals surface area contributed by atoms with Crippen molar-refractivity contribution in [2.75, 3.05) is 10.6 Å². The van der Waals surface area contributed by atoms with Crippen LogP contribution in [0.3, 0.4) is 0 Å². The van der Waals surface area contributed by atoms with Crippen molar-refractivity contribution in [3.05, 3.63) is 18.3 Å². The smallest absolute Gasteiger partial charge is 0.245 e. The number of hydrogen-bond donors (Lipinski definition) is 2. The molecule has 0 saturated heterocycles. The highest BCUT2D eigenvalue weighted by atomic mass is 16.6. The van der Waals surface area contributed by atoms with Crippen LogP contribution in [-0.2, 0) is 0 Å². The van der Waals surface area contributed by atoms with Gasteiger partial charge >= 0.3 is 0 Å². The largest absolute Gasteiger partial charge is 0.334 e. The van der Waals surface area contributed by atoms with Gasteiger partial charge in [-0.3, -0.25) is 0 Å². The van der Waals surface area contributed by atoms with Crippen LogP contribution in [0.15, 0.2) is 23.0 Å². The van der Waals surface area contributed by atoms with E-state index < -0.39 is 0 Å². The van der Waals surface area contributed by atoms with Crippen molar-refractivity contribution in [2.24, 2.45) is 0 Å². The summed E-state index contributed by atoms with van der Waals surface area (Å²) in [6.07, 6.45) is 1.70. The SMILES string of the molecule is c1cnc2c(c1)Nc1nc3nonc3nc1N2. The van der Waals surface area contributed by atoms with Gasteiger partial charge in [-0.2, -0.15) is 0 Å². The minimum Gasteiger partial charge on any atom is -0.334 e. The maximum atomic E-state index is 4.57. The fraction of sp³-hybridized carbons (Fsp3) is 0. The maximum absolute atomic E-state index is 4.57. The minimum absolute atomic E-state index is 0.359. The Bertz CT molecular complexity index is 663. The summed E-state index contributed by atoms with van der Waals surface area (Å²) in [6.45, 7) is 0. The van der Waals surface area contributed by atoms with Crippen molar-refractivity contribution in [1.82, 2.24) is 25.3 Å². The van der Waals surface area contributed by atoms with E-state index in [0.717, 1.165) is 5.69 Å². The summed E-state index contributed by atoms with van der Waals surface area (Å²) in [5.74, 6) is 1.83. The van der Waals surface area contributed by atoms with Gasteiger partial charge in [-0.05, 0) is 22.4 Å². The summed E-state index contributed by atoms with van der Waals surface area (Å²) in [5, 5.41) is 13.5. The third kappa shape index (κ3) is 1.14. The Labute approximate surface area is 94.1 Å². The second-order valence-electron chi connectivity index (χ2n) is 3.48. The zero-order chi connectivity index (χ0) is 11.2. The fourth-order valence-electron chi connectivity index (χ4n) is 1.66. The van der Waals surface area contributed by atoms with Gasteiger partial charge in [-0.1, -0.05) is 0 Å². The topological polar surface area (TPSA) is 102 Å². The molecule has 4 heterocycles. The van der Waals surface area contributed by atoms with Gasteiger partial charge in [-0.25, -0.2) is 19.6 Å². The highest BCUT2D eigenvalue weighted by Gasteiger charge is 2.19. The van der Waals surface area contributed by atoms with Crippen molar-refractivity contribution in [1.29, 1.82) is 0 Å². The Morgan fingerprint density at radius 1 is 0.941 bits per heavy atom. The highest BCUT2D eigenvalue weighted by molar-refractivity contribution is 5.87. The van der Waals surface area contributed by atoms with E-state index >= 15 is 0 Å². The molecule has 0 aromatic carbocycles. The number of rotatable bonds is 0. The van der Waals surface area contributed by atoms with Crippen molar-refractivity contribution in [3.8, 4) is 0 Å². The van der Waals surface area contributed by atoms with E-state index in [1.807, 2.05) is 12.1 Å². The summed E-state index contributed by atoms with van der Waals surface area (Å²) in [6, 6.07) is 3.73. The van der Waals surface area contributed by atoms with Gasteiger partial charge in [0.15, 0.2) is 17.5 Å². The van der Waals surface area contributed by atoms with Crippen LogP contribution in [0.4, 0.5) is 23.1 Å². The monoisotopic (exact) mass is 227 g/mol. The minimum atomic E-state index is 0.359. The zero-order valence-corrected chi connectivity index (χ0v) is 8.38. The van der Waals surface area contributed by atoms with E-state index in [0.29, 0.717) is 28.7 Å². The zero-order valence-electron chi connectivity index (χ0n) is 8.38. The summed E-state index contributed by atoms with van der Waals surface area (Å²) in [5.41, 5.74) is 1.56. The average Bonchev–Trinajstić information content (AvgIpc) is 2.80. The number of fused-ring (bicyclic) bond motifs is 3. The predicted molar refractivity (Wildman–Crippen MR) is 58.2 cm³/mol. The van der Waals surface area contributed by atoms with E-state index in [2.05, 4.69) is 40.5 Å². The summed E-state index contributed by atoms with van der Waals surface area (Å²) in [4.78, 5) is 12.7. The van der Waals surface area contributed by atoms with Crippen LogP contribution in [0.25, 0.3) is 11.3 Å². The summed E-state index contributed by atoms with van der Waals surface area (Å²) in [7, 11) is 0. The molecule has 0 radical (unpaired) electrons. The molecule has 8 nitrogen and oxygen atoms in total. The number of anilines is 4. The molecular weight excluding hydrogens is 222 g/mol. The molecule has 0 amide bonds. The first kappa shape index (κ1) is 8.39. The van der Waals surface area contributed by atoms with Gasteiger partial charge < -0.3 is 10.6 Å². The third-order valence-corrected chi connectivity index (χ3v) is 2.41. The van der Waals surface area contributed by atoms with Crippen LogP contribution in [0.2, 0.25) is 0 Å². The molecule has 1 aliphatic rings.